The van der Waals surface area contributed by atoms with E-state index in [1.165, 1.54) is 46.4 Å². The fourth-order valence-corrected chi connectivity index (χ4v) is 6.48. The molecular weight excluding hydrogens is 420 g/mol. The number of carbonyl (C=O) groups excluding carboxylic acids is 1. The van der Waals surface area contributed by atoms with Crippen LogP contribution in [0.4, 0.5) is 5.82 Å². The Hall–Kier alpha value is -1.35. The second-order valence-electron chi connectivity index (χ2n) is 6.53. The number of thiophene rings is 2. The number of amides is 1. The van der Waals surface area contributed by atoms with Crippen molar-refractivity contribution in [1.82, 2.24) is 14.9 Å². The van der Waals surface area contributed by atoms with E-state index in [1.54, 1.807) is 23.3 Å². The van der Waals surface area contributed by atoms with E-state index < -0.39 is 0 Å². The average molecular weight is 439 g/mol. The average Bonchev–Trinajstić information content (AvgIpc) is 3.22. The highest BCUT2D eigenvalue weighted by Gasteiger charge is 2.20. The number of aromatic nitrogens is 2. The summed E-state index contributed by atoms with van der Waals surface area (Å²) in [5.41, 5.74) is 7.57. The van der Waals surface area contributed by atoms with Crippen molar-refractivity contribution in [3.8, 4) is 0 Å². The molecule has 0 bridgehead atoms. The number of rotatable bonds is 5. The summed E-state index contributed by atoms with van der Waals surface area (Å²) in [7, 11) is 1.79. The number of halogens is 1. The van der Waals surface area contributed by atoms with Crippen LogP contribution >= 0.6 is 46.0 Å². The van der Waals surface area contributed by atoms with Crippen LogP contribution in [-0.4, -0.2) is 33.6 Å². The molecule has 3 heterocycles. The maximum Gasteiger partial charge on any atom is 0.233 e. The van der Waals surface area contributed by atoms with Crippen molar-refractivity contribution in [3.05, 3.63) is 31.8 Å². The third-order valence-electron chi connectivity index (χ3n) is 4.59. The van der Waals surface area contributed by atoms with Gasteiger partial charge in [-0.15, -0.1) is 22.7 Å². The minimum absolute atomic E-state index is 0.0252. The van der Waals surface area contributed by atoms with Crippen LogP contribution in [0.1, 0.15) is 28.2 Å². The van der Waals surface area contributed by atoms with Crippen LogP contribution in [0.3, 0.4) is 0 Å². The van der Waals surface area contributed by atoms with E-state index in [9.17, 15) is 4.79 Å². The number of hydrogen-bond donors (Lipinski definition) is 1. The zero-order valence-corrected chi connectivity index (χ0v) is 18.0. The number of nitrogens with zero attached hydrogens (tertiary/aromatic N) is 3. The molecule has 0 radical (unpaired) electrons. The number of carbonyl (C=O) groups is 1. The number of aryl methyl sites for hydroxylation is 2. The smallest absolute Gasteiger partial charge is 0.233 e. The molecule has 9 heteroatoms. The first-order valence-electron chi connectivity index (χ1n) is 8.70. The van der Waals surface area contributed by atoms with Gasteiger partial charge in [0.05, 0.1) is 22.0 Å². The van der Waals surface area contributed by atoms with Crippen LogP contribution in [0.5, 0.6) is 0 Å². The Balaban J connectivity index is 1.44. The molecule has 0 fully saturated rings. The monoisotopic (exact) mass is 438 g/mol. The molecule has 1 amide bonds. The third kappa shape index (κ3) is 4.08. The number of thioether (sulfide) groups is 1. The second kappa shape index (κ2) is 7.95. The highest BCUT2D eigenvalue weighted by molar-refractivity contribution is 7.99. The topological polar surface area (TPSA) is 72.1 Å². The Morgan fingerprint density at radius 1 is 1.30 bits per heavy atom. The van der Waals surface area contributed by atoms with Crippen LogP contribution in [0, 0.1) is 0 Å². The highest BCUT2D eigenvalue weighted by Crippen LogP contribution is 2.38. The Labute approximate surface area is 174 Å². The zero-order chi connectivity index (χ0) is 19.0. The summed E-state index contributed by atoms with van der Waals surface area (Å²) >= 11 is 10.5. The molecule has 0 aliphatic heterocycles. The maximum absolute atomic E-state index is 12.4. The van der Waals surface area contributed by atoms with Gasteiger partial charge >= 0.3 is 0 Å². The summed E-state index contributed by atoms with van der Waals surface area (Å²) < 4.78 is 0.732. The normalized spacial score (nSPS) is 13.7. The number of hydrogen-bond acceptors (Lipinski definition) is 7. The molecule has 27 heavy (non-hydrogen) atoms. The zero-order valence-electron chi connectivity index (χ0n) is 14.8. The Morgan fingerprint density at radius 3 is 2.89 bits per heavy atom. The van der Waals surface area contributed by atoms with Crippen molar-refractivity contribution in [3.63, 3.8) is 0 Å². The fourth-order valence-electron chi connectivity index (χ4n) is 3.22. The molecule has 142 valence electrons. The van der Waals surface area contributed by atoms with Gasteiger partial charge in [-0.1, -0.05) is 23.4 Å². The van der Waals surface area contributed by atoms with Gasteiger partial charge in [-0.25, -0.2) is 9.97 Å². The molecule has 3 aromatic heterocycles. The van der Waals surface area contributed by atoms with Crippen molar-refractivity contribution < 1.29 is 4.79 Å². The number of nitrogens with two attached hydrogens (primary N) is 1. The molecule has 5 nitrogen and oxygen atoms in total. The summed E-state index contributed by atoms with van der Waals surface area (Å²) in [5.74, 6) is 0.847. The van der Waals surface area contributed by atoms with Gasteiger partial charge < -0.3 is 10.6 Å². The van der Waals surface area contributed by atoms with Crippen LogP contribution < -0.4 is 5.73 Å². The molecule has 2 N–H and O–H groups in total. The molecule has 0 aromatic carbocycles. The van der Waals surface area contributed by atoms with Crippen LogP contribution in [0.2, 0.25) is 4.34 Å². The standard InChI is InChI=1S/C18H19ClN4OS3/c1-23(8-10-6-7-13(19)26-10)14(24)9-25-18-21-16(20)15-11-4-2-3-5-12(11)27-17(15)22-18/h6-7H,2-5,8-9H2,1H3,(H2,20,21,22). The molecule has 0 spiro atoms. The van der Waals surface area contributed by atoms with Gasteiger partial charge in [-0.05, 0) is 43.4 Å². The SMILES string of the molecule is CN(Cc1ccc(Cl)s1)C(=O)CSc1nc(N)c2c3c(sc2n1)CCCC3. The van der Waals surface area contributed by atoms with Crippen molar-refractivity contribution in [1.29, 1.82) is 0 Å². The number of anilines is 1. The van der Waals surface area contributed by atoms with Gasteiger partial charge in [0, 0.05) is 16.8 Å². The van der Waals surface area contributed by atoms with E-state index in [2.05, 4.69) is 9.97 Å². The van der Waals surface area contributed by atoms with Gasteiger partial charge in [-0.2, -0.15) is 0 Å². The van der Waals surface area contributed by atoms with E-state index in [1.807, 2.05) is 12.1 Å². The van der Waals surface area contributed by atoms with E-state index in [0.29, 0.717) is 17.5 Å². The summed E-state index contributed by atoms with van der Waals surface area (Å²) in [6, 6.07) is 3.79. The van der Waals surface area contributed by atoms with E-state index in [-0.39, 0.29) is 11.7 Å². The van der Waals surface area contributed by atoms with Gasteiger partial charge in [0.2, 0.25) is 5.91 Å². The van der Waals surface area contributed by atoms with Crippen molar-refractivity contribution in [2.45, 2.75) is 37.4 Å². The molecule has 0 unspecified atom stereocenters. The number of fused-ring (bicyclic) bond motifs is 3. The predicted molar refractivity (Wildman–Crippen MR) is 115 cm³/mol. The first-order chi connectivity index (χ1) is 13.0. The molecule has 1 aliphatic carbocycles. The van der Waals surface area contributed by atoms with Gasteiger partial charge in [0.25, 0.3) is 0 Å². The van der Waals surface area contributed by atoms with E-state index >= 15 is 0 Å². The first-order valence-corrected chi connectivity index (χ1v) is 11.7. The molecule has 0 saturated heterocycles. The maximum atomic E-state index is 12.4. The molecule has 1 aliphatic rings. The largest absolute Gasteiger partial charge is 0.383 e. The third-order valence-corrected chi connectivity index (χ3v) is 7.83. The number of nitrogen functional groups attached to an aromatic ring is 1. The summed E-state index contributed by atoms with van der Waals surface area (Å²) in [4.78, 5) is 26.6. The Kier molecular flexibility index (Phi) is 5.59. The lowest BCUT2D eigenvalue weighted by Gasteiger charge is -2.15. The molecular formula is C18H19ClN4OS3. The van der Waals surface area contributed by atoms with Crippen LogP contribution in [0.25, 0.3) is 10.2 Å². The quantitative estimate of drug-likeness (QED) is 0.464. The Bertz CT molecular complexity index is 1000. The van der Waals surface area contributed by atoms with Crippen molar-refractivity contribution >= 4 is 68.0 Å². The summed E-state index contributed by atoms with van der Waals surface area (Å²) in [6.45, 7) is 0.552. The summed E-state index contributed by atoms with van der Waals surface area (Å²) in [5, 5.41) is 1.59. The van der Waals surface area contributed by atoms with Crippen molar-refractivity contribution in [2.24, 2.45) is 0 Å². The van der Waals surface area contributed by atoms with Crippen LogP contribution in [0.15, 0.2) is 17.3 Å². The fraction of sp³-hybridized carbons (Fsp3) is 0.389. The minimum Gasteiger partial charge on any atom is -0.383 e. The van der Waals surface area contributed by atoms with E-state index in [0.717, 1.165) is 32.3 Å². The molecule has 4 rings (SSSR count). The van der Waals surface area contributed by atoms with E-state index in [4.69, 9.17) is 17.3 Å². The predicted octanol–water partition coefficient (Wildman–Crippen LogP) is 4.62. The molecule has 3 aromatic rings. The van der Waals surface area contributed by atoms with Gasteiger partial charge in [-0.3, -0.25) is 4.79 Å². The van der Waals surface area contributed by atoms with Crippen molar-refractivity contribution in [2.75, 3.05) is 18.5 Å². The van der Waals surface area contributed by atoms with Gasteiger partial charge in [0.15, 0.2) is 5.16 Å². The first kappa shape index (κ1) is 19.0. The summed E-state index contributed by atoms with van der Waals surface area (Å²) in [6.07, 6.45) is 4.59. The molecule has 0 saturated carbocycles. The second-order valence-corrected chi connectivity index (χ2v) is 10.4. The highest BCUT2D eigenvalue weighted by atomic mass is 35.5. The Morgan fingerprint density at radius 2 is 2.11 bits per heavy atom. The van der Waals surface area contributed by atoms with Gasteiger partial charge in [0.1, 0.15) is 10.6 Å². The minimum atomic E-state index is 0.0252. The molecule has 0 atom stereocenters. The lowest BCUT2D eigenvalue weighted by Crippen LogP contribution is -2.27. The lowest BCUT2D eigenvalue weighted by atomic mass is 9.97. The van der Waals surface area contributed by atoms with Crippen LogP contribution in [-0.2, 0) is 24.2 Å². The lowest BCUT2D eigenvalue weighted by molar-refractivity contribution is -0.127.